The van der Waals surface area contributed by atoms with Crippen molar-refractivity contribution in [2.24, 2.45) is 0 Å². The van der Waals surface area contributed by atoms with Crippen LogP contribution in [-0.2, 0) is 0 Å². The Bertz CT molecular complexity index is 606. The summed E-state index contributed by atoms with van der Waals surface area (Å²) >= 11 is 0. The van der Waals surface area contributed by atoms with Gasteiger partial charge in [-0.25, -0.2) is 9.78 Å². The minimum atomic E-state index is -1.06. The molecule has 0 fully saturated rings. The molecular formula is C11H10N4O3. The highest BCUT2D eigenvalue weighted by Crippen LogP contribution is 2.11. The summed E-state index contributed by atoms with van der Waals surface area (Å²) in [6, 6.07) is 5.93. The van der Waals surface area contributed by atoms with Crippen LogP contribution in [-0.4, -0.2) is 32.2 Å². The molecule has 0 aliphatic heterocycles. The van der Waals surface area contributed by atoms with Crippen LogP contribution in [0.2, 0.25) is 0 Å². The van der Waals surface area contributed by atoms with Crippen molar-refractivity contribution in [3.05, 3.63) is 41.5 Å². The van der Waals surface area contributed by atoms with E-state index in [9.17, 15) is 9.59 Å². The number of carboxylic acids is 1. The van der Waals surface area contributed by atoms with E-state index in [1.54, 1.807) is 19.1 Å². The zero-order valence-corrected chi connectivity index (χ0v) is 9.47. The predicted octanol–water partition coefficient (Wildman–Crippen LogP) is 1.06. The number of aromatic carboxylic acids is 1. The topological polar surface area (TPSA) is 108 Å². The maximum Gasteiger partial charge on any atom is 0.335 e. The number of aromatic amines is 1. The van der Waals surface area contributed by atoms with Crippen LogP contribution < -0.4 is 5.32 Å². The van der Waals surface area contributed by atoms with Gasteiger partial charge in [-0.1, -0.05) is 6.07 Å². The second-order valence-corrected chi connectivity index (χ2v) is 3.58. The number of hydrogen-bond donors (Lipinski definition) is 3. The van der Waals surface area contributed by atoms with Crippen molar-refractivity contribution in [2.75, 3.05) is 5.32 Å². The van der Waals surface area contributed by atoms with Crippen molar-refractivity contribution in [3.8, 4) is 0 Å². The summed E-state index contributed by atoms with van der Waals surface area (Å²) in [4.78, 5) is 26.3. The Kier molecular flexibility index (Phi) is 3.05. The van der Waals surface area contributed by atoms with Crippen molar-refractivity contribution >= 4 is 17.6 Å². The van der Waals surface area contributed by atoms with Gasteiger partial charge in [0.1, 0.15) is 5.82 Å². The summed E-state index contributed by atoms with van der Waals surface area (Å²) in [6.45, 7) is 1.68. The van der Waals surface area contributed by atoms with Crippen LogP contribution >= 0.6 is 0 Å². The van der Waals surface area contributed by atoms with Gasteiger partial charge in [-0.15, -0.1) is 5.10 Å². The van der Waals surface area contributed by atoms with Crippen molar-refractivity contribution in [2.45, 2.75) is 6.92 Å². The largest absolute Gasteiger partial charge is 0.478 e. The lowest BCUT2D eigenvalue weighted by atomic mass is 10.2. The Labute approximate surface area is 102 Å². The van der Waals surface area contributed by atoms with Gasteiger partial charge in [-0.2, -0.15) is 0 Å². The lowest BCUT2D eigenvalue weighted by Gasteiger charge is -2.03. The highest BCUT2D eigenvalue weighted by Gasteiger charge is 2.12. The third-order valence-corrected chi connectivity index (χ3v) is 2.17. The average molecular weight is 246 g/mol. The third kappa shape index (κ3) is 2.51. The van der Waals surface area contributed by atoms with Crippen molar-refractivity contribution in [1.29, 1.82) is 0 Å². The number of rotatable bonds is 3. The maximum atomic E-state index is 11.7. The average Bonchev–Trinajstić information content (AvgIpc) is 2.76. The first-order valence-electron chi connectivity index (χ1n) is 5.10. The third-order valence-electron chi connectivity index (χ3n) is 2.17. The molecule has 92 valence electrons. The number of nitrogens with one attached hydrogen (secondary N) is 2. The van der Waals surface area contributed by atoms with Crippen LogP contribution in [0.4, 0.5) is 5.69 Å². The molecule has 0 aliphatic rings. The number of nitrogens with zero attached hydrogens (tertiary/aromatic N) is 2. The molecule has 7 nitrogen and oxygen atoms in total. The molecule has 1 aromatic heterocycles. The van der Waals surface area contributed by atoms with Gasteiger partial charge >= 0.3 is 5.97 Å². The molecule has 1 heterocycles. The molecule has 0 atom stereocenters. The molecule has 1 amide bonds. The predicted molar refractivity (Wildman–Crippen MR) is 62.5 cm³/mol. The van der Waals surface area contributed by atoms with Gasteiger partial charge < -0.3 is 10.4 Å². The fourth-order valence-electron chi connectivity index (χ4n) is 1.36. The van der Waals surface area contributed by atoms with Crippen molar-refractivity contribution < 1.29 is 14.7 Å². The molecule has 0 unspecified atom stereocenters. The monoisotopic (exact) mass is 246 g/mol. The molecule has 3 N–H and O–H groups in total. The number of carbonyl (C=O) groups is 2. The molecule has 7 heteroatoms. The second kappa shape index (κ2) is 4.66. The molecule has 1 aromatic carbocycles. The Morgan fingerprint density at radius 3 is 2.78 bits per heavy atom. The highest BCUT2D eigenvalue weighted by atomic mass is 16.4. The van der Waals surface area contributed by atoms with Crippen LogP contribution in [0, 0.1) is 6.92 Å². The van der Waals surface area contributed by atoms with E-state index >= 15 is 0 Å². The molecule has 0 saturated carbocycles. The molecule has 18 heavy (non-hydrogen) atoms. The minimum Gasteiger partial charge on any atom is -0.478 e. The van der Waals surface area contributed by atoms with E-state index < -0.39 is 11.9 Å². The van der Waals surface area contributed by atoms with E-state index in [1.807, 2.05) is 0 Å². The summed E-state index contributed by atoms with van der Waals surface area (Å²) in [5.74, 6) is -1.02. The Hall–Kier alpha value is -2.70. The number of carbonyl (C=O) groups excluding carboxylic acids is 1. The number of amides is 1. The smallest absolute Gasteiger partial charge is 0.335 e. The summed E-state index contributed by atoms with van der Waals surface area (Å²) < 4.78 is 0. The summed E-state index contributed by atoms with van der Waals surface area (Å²) in [6.07, 6.45) is 0. The van der Waals surface area contributed by atoms with Crippen LogP contribution in [0.5, 0.6) is 0 Å². The zero-order valence-electron chi connectivity index (χ0n) is 9.47. The number of aryl methyl sites for hydroxylation is 1. The van der Waals surface area contributed by atoms with Crippen molar-refractivity contribution in [1.82, 2.24) is 15.2 Å². The number of H-pyrrole nitrogens is 1. The summed E-state index contributed by atoms with van der Waals surface area (Å²) in [5, 5.41) is 17.6. The van der Waals surface area contributed by atoms with Gasteiger partial charge in [0.05, 0.1) is 5.56 Å². The zero-order chi connectivity index (χ0) is 13.1. The fourth-order valence-corrected chi connectivity index (χ4v) is 1.36. The first kappa shape index (κ1) is 11.8. The Balaban J connectivity index is 2.16. The van der Waals surface area contributed by atoms with Crippen LogP contribution in [0.3, 0.4) is 0 Å². The van der Waals surface area contributed by atoms with Crippen LogP contribution in [0.15, 0.2) is 24.3 Å². The van der Waals surface area contributed by atoms with Gasteiger partial charge in [0, 0.05) is 5.69 Å². The number of hydrogen-bond acceptors (Lipinski definition) is 4. The highest BCUT2D eigenvalue weighted by molar-refractivity contribution is 6.02. The van der Waals surface area contributed by atoms with Gasteiger partial charge in [-0.3, -0.25) is 9.89 Å². The molecule has 0 saturated heterocycles. The normalized spacial score (nSPS) is 10.1. The van der Waals surface area contributed by atoms with E-state index in [-0.39, 0.29) is 11.4 Å². The molecule has 0 radical (unpaired) electrons. The maximum absolute atomic E-state index is 11.7. The fraction of sp³-hybridized carbons (Fsp3) is 0.0909. The number of aromatic nitrogens is 3. The van der Waals surface area contributed by atoms with Gasteiger partial charge in [0.15, 0.2) is 0 Å². The van der Waals surface area contributed by atoms with E-state index in [4.69, 9.17) is 5.11 Å². The quantitative estimate of drug-likeness (QED) is 0.750. The molecule has 0 bridgehead atoms. The number of benzene rings is 1. The van der Waals surface area contributed by atoms with Gasteiger partial charge in [0.2, 0.25) is 5.82 Å². The molecule has 0 spiro atoms. The first-order valence-corrected chi connectivity index (χ1v) is 5.10. The minimum absolute atomic E-state index is 0.00762. The Morgan fingerprint density at radius 1 is 1.39 bits per heavy atom. The number of anilines is 1. The summed E-state index contributed by atoms with van der Waals surface area (Å²) in [5.41, 5.74) is 0.473. The molecular weight excluding hydrogens is 236 g/mol. The van der Waals surface area contributed by atoms with E-state index in [0.717, 1.165) is 0 Å². The van der Waals surface area contributed by atoms with E-state index in [2.05, 4.69) is 20.5 Å². The van der Waals surface area contributed by atoms with Gasteiger partial charge in [0.25, 0.3) is 5.91 Å². The van der Waals surface area contributed by atoms with E-state index in [1.165, 1.54) is 12.1 Å². The van der Waals surface area contributed by atoms with Gasteiger partial charge in [-0.05, 0) is 25.1 Å². The van der Waals surface area contributed by atoms with Crippen LogP contribution in [0.25, 0.3) is 0 Å². The second-order valence-electron chi connectivity index (χ2n) is 3.58. The SMILES string of the molecule is Cc1nc(C(=O)Nc2cccc(C(=O)O)c2)n[nH]1. The number of carboxylic acid groups (broad SMARTS) is 1. The standard InChI is InChI=1S/C11H10N4O3/c1-6-12-9(15-14-6)10(16)13-8-4-2-3-7(5-8)11(17)18/h2-5H,1H3,(H,13,16)(H,17,18)(H,12,14,15). The Morgan fingerprint density at radius 2 is 2.17 bits per heavy atom. The lowest BCUT2D eigenvalue weighted by Crippen LogP contribution is -2.14. The molecule has 2 aromatic rings. The molecule has 2 rings (SSSR count). The van der Waals surface area contributed by atoms with E-state index in [0.29, 0.717) is 11.5 Å². The lowest BCUT2D eigenvalue weighted by molar-refractivity contribution is 0.0696. The van der Waals surface area contributed by atoms with Crippen molar-refractivity contribution in [3.63, 3.8) is 0 Å². The van der Waals surface area contributed by atoms with Crippen LogP contribution in [0.1, 0.15) is 26.8 Å². The first-order chi connectivity index (χ1) is 8.56. The summed E-state index contributed by atoms with van der Waals surface area (Å²) in [7, 11) is 0. The molecule has 0 aliphatic carbocycles.